The summed E-state index contributed by atoms with van der Waals surface area (Å²) in [6.45, 7) is 3.73. The topological polar surface area (TPSA) is 78.4 Å². The molecule has 3 N–H and O–H groups in total. The van der Waals surface area contributed by atoms with Gasteiger partial charge in [0.05, 0.1) is 18.1 Å². The second-order valence-electron chi connectivity index (χ2n) is 6.93. The number of amides is 2. The minimum absolute atomic E-state index is 0.159. The summed E-state index contributed by atoms with van der Waals surface area (Å²) in [5.74, 6) is -0.326. The minimum atomic E-state index is -0.777. The molecule has 1 aliphatic rings. The fourth-order valence-electron chi connectivity index (χ4n) is 3.20. The van der Waals surface area contributed by atoms with Crippen molar-refractivity contribution in [2.24, 2.45) is 0 Å². The number of carbonyl (C=O) groups is 2. The highest BCUT2D eigenvalue weighted by atomic mass is 16.3. The van der Waals surface area contributed by atoms with Crippen LogP contribution < -0.4 is 10.6 Å². The molecule has 0 aromatic heterocycles. The second kappa shape index (κ2) is 8.29. The molecule has 2 amide bonds. The van der Waals surface area contributed by atoms with Gasteiger partial charge in [-0.25, -0.2) is 0 Å². The third kappa shape index (κ3) is 5.64. The first-order chi connectivity index (χ1) is 11.4. The Kier molecular flexibility index (Phi) is 6.37. The average molecular weight is 332 g/mol. The van der Waals surface area contributed by atoms with E-state index in [2.05, 4.69) is 10.6 Å². The molecule has 24 heavy (non-hydrogen) atoms. The molecule has 2 rings (SSSR count). The minimum Gasteiger partial charge on any atom is -0.388 e. The molecule has 1 aromatic rings. The first-order valence-electron chi connectivity index (χ1n) is 8.71. The van der Waals surface area contributed by atoms with E-state index in [4.69, 9.17) is 0 Å². The standard InChI is InChI=1S/C19H28N2O3/c1-14-6-8-16(9-7-14)17(21-15(2)22)12-18(23)20-13-19(24)10-4-3-5-11-19/h6-9,17,24H,3-5,10-13H2,1-2H3,(H,20,23)(H,21,22). The molecule has 1 saturated carbocycles. The van der Waals surface area contributed by atoms with Crippen molar-refractivity contribution < 1.29 is 14.7 Å². The first kappa shape index (κ1) is 18.5. The summed E-state index contributed by atoms with van der Waals surface area (Å²) in [7, 11) is 0. The molecule has 1 fully saturated rings. The predicted molar refractivity (Wildman–Crippen MR) is 93.4 cm³/mol. The van der Waals surface area contributed by atoms with Crippen molar-refractivity contribution in [3.05, 3.63) is 35.4 Å². The molecule has 0 saturated heterocycles. The van der Waals surface area contributed by atoms with Crippen LogP contribution in [0.4, 0.5) is 0 Å². The smallest absolute Gasteiger partial charge is 0.222 e. The highest BCUT2D eigenvalue weighted by Crippen LogP contribution is 2.27. The zero-order chi connectivity index (χ0) is 17.6. The van der Waals surface area contributed by atoms with E-state index in [1.165, 1.54) is 6.92 Å². The number of aryl methyl sites for hydroxylation is 1. The van der Waals surface area contributed by atoms with E-state index >= 15 is 0 Å². The van der Waals surface area contributed by atoms with Gasteiger partial charge in [0.2, 0.25) is 11.8 Å². The summed E-state index contributed by atoms with van der Waals surface area (Å²) in [5.41, 5.74) is 1.26. The molecule has 5 heteroatoms. The Morgan fingerprint density at radius 3 is 2.38 bits per heavy atom. The fourth-order valence-corrected chi connectivity index (χ4v) is 3.20. The van der Waals surface area contributed by atoms with Crippen LogP contribution in [0.15, 0.2) is 24.3 Å². The van der Waals surface area contributed by atoms with Gasteiger partial charge in [-0.3, -0.25) is 9.59 Å². The number of aliphatic hydroxyl groups is 1. The molecule has 1 unspecified atom stereocenters. The first-order valence-corrected chi connectivity index (χ1v) is 8.71. The van der Waals surface area contributed by atoms with Crippen LogP contribution in [0, 0.1) is 6.92 Å². The van der Waals surface area contributed by atoms with E-state index in [9.17, 15) is 14.7 Å². The van der Waals surface area contributed by atoms with Gasteiger partial charge < -0.3 is 15.7 Å². The van der Waals surface area contributed by atoms with Crippen molar-refractivity contribution in [3.8, 4) is 0 Å². The molecule has 1 atom stereocenters. The average Bonchev–Trinajstić information content (AvgIpc) is 2.53. The molecule has 0 bridgehead atoms. The lowest BCUT2D eigenvalue weighted by molar-refractivity contribution is -0.124. The zero-order valence-corrected chi connectivity index (χ0v) is 14.6. The Labute approximate surface area is 143 Å². The van der Waals surface area contributed by atoms with Crippen molar-refractivity contribution in [1.82, 2.24) is 10.6 Å². The van der Waals surface area contributed by atoms with Gasteiger partial charge in [0.1, 0.15) is 0 Å². The van der Waals surface area contributed by atoms with Crippen LogP contribution in [0.2, 0.25) is 0 Å². The van der Waals surface area contributed by atoms with E-state index in [1.54, 1.807) is 0 Å². The van der Waals surface area contributed by atoms with Gasteiger partial charge in [0, 0.05) is 13.5 Å². The van der Waals surface area contributed by atoms with Crippen LogP contribution in [0.3, 0.4) is 0 Å². The van der Waals surface area contributed by atoms with E-state index in [0.717, 1.165) is 43.2 Å². The summed E-state index contributed by atoms with van der Waals surface area (Å²) in [6, 6.07) is 7.43. The predicted octanol–water partition coefficient (Wildman–Crippen LogP) is 2.37. The lowest BCUT2D eigenvalue weighted by Gasteiger charge is -2.32. The molecule has 0 radical (unpaired) electrons. The highest BCUT2D eigenvalue weighted by Gasteiger charge is 2.29. The molecule has 0 aliphatic heterocycles. The molecular formula is C19H28N2O3. The van der Waals surface area contributed by atoms with E-state index in [-0.39, 0.29) is 30.8 Å². The SMILES string of the molecule is CC(=O)NC(CC(=O)NCC1(O)CCCCC1)c1ccc(C)cc1. The zero-order valence-electron chi connectivity index (χ0n) is 14.6. The van der Waals surface area contributed by atoms with Gasteiger partial charge >= 0.3 is 0 Å². The largest absolute Gasteiger partial charge is 0.388 e. The fraction of sp³-hybridized carbons (Fsp3) is 0.579. The van der Waals surface area contributed by atoms with Crippen LogP contribution in [0.25, 0.3) is 0 Å². The molecule has 1 aliphatic carbocycles. The quantitative estimate of drug-likeness (QED) is 0.748. The number of benzene rings is 1. The van der Waals surface area contributed by atoms with Crippen molar-refractivity contribution in [3.63, 3.8) is 0 Å². The van der Waals surface area contributed by atoms with Crippen molar-refractivity contribution in [1.29, 1.82) is 0 Å². The summed E-state index contributed by atoms with van der Waals surface area (Å²) < 4.78 is 0. The van der Waals surface area contributed by atoms with E-state index in [0.29, 0.717) is 0 Å². The number of hydrogen-bond donors (Lipinski definition) is 3. The Bertz CT molecular complexity index is 562. The normalized spacial score (nSPS) is 17.8. The molecule has 5 nitrogen and oxygen atoms in total. The van der Waals surface area contributed by atoms with E-state index < -0.39 is 5.60 Å². The van der Waals surface area contributed by atoms with Crippen LogP contribution >= 0.6 is 0 Å². The molecular weight excluding hydrogens is 304 g/mol. The van der Waals surface area contributed by atoms with Gasteiger partial charge in [-0.2, -0.15) is 0 Å². The van der Waals surface area contributed by atoms with Gasteiger partial charge in [-0.05, 0) is 25.3 Å². The lowest BCUT2D eigenvalue weighted by Crippen LogP contribution is -2.45. The van der Waals surface area contributed by atoms with Crippen molar-refractivity contribution in [2.45, 2.75) is 64.0 Å². The summed E-state index contributed by atoms with van der Waals surface area (Å²) in [5, 5.41) is 16.1. The number of rotatable bonds is 6. The van der Waals surface area contributed by atoms with Crippen LogP contribution in [0.1, 0.15) is 62.6 Å². The molecule has 1 aromatic carbocycles. The van der Waals surface area contributed by atoms with Crippen molar-refractivity contribution >= 4 is 11.8 Å². The van der Waals surface area contributed by atoms with Crippen LogP contribution in [-0.2, 0) is 9.59 Å². The second-order valence-corrected chi connectivity index (χ2v) is 6.93. The monoisotopic (exact) mass is 332 g/mol. The Balaban J connectivity index is 1.94. The van der Waals surface area contributed by atoms with Crippen molar-refractivity contribution in [2.75, 3.05) is 6.54 Å². The maximum absolute atomic E-state index is 12.3. The number of nitrogens with one attached hydrogen (secondary N) is 2. The van der Waals surface area contributed by atoms with Gasteiger partial charge in [-0.15, -0.1) is 0 Å². The summed E-state index contributed by atoms with van der Waals surface area (Å²) >= 11 is 0. The van der Waals surface area contributed by atoms with Gasteiger partial charge in [0.25, 0.3) is 0 Å². The van der Waals surface area contributed by atoms with Crippen LogP contribution in [-0.4, -0.2) is 29.1 Å². The summed E-state index contributed by atoms with van der Waals surface area (Å²) in [6.07, 6.45) is 4.79. The Morgan fingerprint density at radius 1 is 1.17 bits per heavy atom. The lowest BCUT2D eigenvalue weighted by atomic mass is 9.85. The van der Waals surface area contributed by atoms with Gasteiger partial charge in [0.15, 0.2) is 0 Å². The maximum Gasteiger partial charge on any atom is 0.222 e. The molecule has 0 heterocycles. The Morgan fingerprint density at radius 2 is 1.79 bits per heavy atom. The van der Waals surface area contributed by atoms with Gasteiger partial charge in [-0.1, -0.05) is 49.1 Å². The highest BCUT2D eigenvalue weighted by molar-refractivity contribution is 5.79. The summed E-state index contributed by atoms with van der Waals surface area (Å²) in [4.78, 5) is 23.7. The van der Waals surface area contributed by atoms with E-state index in [1.807, 2.05) is 31.2 Å². The molecule has 132 valence electrons. The van der Waals surface area contributed by atoms with Crippen LogP contribution in [0.5, 0.6) is 0 Å². The number of hydrogen-bond acceptors (Lipinski definition) is 3. The number of carbonyl (C=O) groups excluding carboxylic acids is 2. The molecule has 0 spiro atoms. The third-order valence-corrected chi connectivity index (χ3v) is 4.65. The third-order valence-electron chi connectivity index (χ3n) is 4.65. The maximum atomic E-state index is 12.3. The Hall–Kier alpha value is -1.88.